The summed E-state index contributed by atoms with van der Waals surface area (Å²) in [5.74, 6) is 4.19. The van der Waals surface area contributed by atoms with Crippen LogP contribution in [-0.4, -0.2) is 20.7 Å². The van der Waals surface area contributed by atoms with Crippen molar-refractivity contribution in [3.8, 4) is 28.7 Å². The van der Waals surface area contributed by atoms with Crippen LogP contribution < -0.4 is 29.4 Å². The number of aryl methyl sites for hydroxylation is 1. The molecule has 0 spiro atoms. The molecule has 0 amide bonds. The highest BCUT2D eigenvalue weighted by atomic mass is 16.7. The number of hydrogen-bond donors (Lipinski definition) is 1. The molecule has 27 heavy (non-hydrogen) atoms. The molecule has 0 unspecified atom stereocenters. The van der Waals surface area contributed by atoms with Crippen molar-refractivity contribution >= 4 is 5.69 Å². The molecule has 2 aromatic carbocycles. The lowest BCUT2D eigenvalue weighted by atomic mass is 10.0. The lowest BCUT2D eigenvalue weighted by molar-refractivity contribution is 0.171. The minimum Gasteiger partial charge on any atom is -0.493 e. The van der Waals surface area contributed by atoms with Gasteiger partial charge in [0, 0.05) is 11.8 Å². The second-order valence-electron chi connectivity index (χ2n) is 6.19. The number of nitrogen functional groups attached to an aromatic ring is 1. The third kappa shape index (κ3) is 4.70. The Labute approximate surface area is 161 Å². The predicted octanol–water partition coefficient (Wildman–Crippen LogP) is 4.88. The maximum absolute atomic E-state index is 5.86. The van der Waals surface area contributed by atoms with E-state index < -0.39 is 0 Å². The monoisotopic (exact) mass is 375 g/mol. The Hall–Kier alpha value is -2.76. The average Bonchev–Trinajstić information content (AvgIpc) is 3.30. The van der Waals surface area contributed by atoms with Gasteiger partial charge >= 0.3 is 0 Å². The van der Waals surface area contributed by atoms with E-state index in [2.05, 4.69) is 13.8 Å². The molecule has 0 radical (unpaired) electrons. The van der Waals surface area contributed by atoms with Gasteiger partial charge in [0.05, 0.1) is 7.11 Å². The standard InChI is InChI=1S/C10H13NO2.C9H10O3.C2H6/c1-6(2)7-3-9-10(4-8(7)11)13-5-12-9;1-6-3-7(10-2)9-8(4-6)11-5-12-9;1-2/h3-4,6H,5,11H2,1-2H3;3-4H,5H2,1-2H3;1-2H3. The van der Waals surface area contributed by atoms with Crippen LogP contribution in [0.5, 0.6) is 28.7 Å². The number of benzene rings is 2. The topological polar surface area (TPSA) is 72.2 Å². The van der Waals surface area contributed by atoms with E-state index in [1.165, 1.54) is 0 Å². The van der Waals surface area contributed by atoms with Gasteiger partial charge in [0.15, 0.2) is 23.0 Å². The van der Waals surface area contributed by atoms with Crippen molar-refractivity contribution in [3.05, 3.63) is 35.4 Å². The minimum absolute atomic E-state index is 0.287. The maximum Gasteiger partial charge on any atom is 0.231 e. The molecule has 2 aromatic rings. The quantitative estimate of drug-likeness (QED) is 0.754. The van der Waals surface area contributed by atoms with Crippen LogP contribution in [0.1, 0.15) is 44.7 Å². The molecule has 2 aliphatic rings. The number of anilines is 1. The molecule has 6 nitrogen and oxygen atoms in total. The number of nitrogens with two attached hydrogens (primary N) is 1. The Bertz CT molecular complexity index is 774. The van der Waals surface area contributed by atoms with Gasteiger partial charge in [-0.3, -0.25) is 0 Å². The van der Waals surface area contributed by atoms with E-state index in [9.17, 15) is 0 Å². The first-order valence-electron chi connectivity index (χ1n) is 9.13. The molecular formula is C21H29NO5. The average molecular weight is 375 g/mol. The van der Waals surface area contributed by atoms with Gasteiger partial charge in [-0.2, -0.15) is 0 Å². The van der Waals surface area contributed by atoms with E-state index in [0.29, 0.717) is 18.5 Å². The first kappa shape index (κ1) is 20.6. The largest absolute Gasteiger partial charge is 0.493 e. The van der Waals surface area contributed by atoms with Crippen molar-refractivity contribution in [1.82, 2.24) is 0 Å². The first-order valence-corrected chi connectivity index (χ1v) is 9.13. The Morgan fingerprint density at radius 1 is 0.889 bits per heavy atom. The lowest BCUT2D eigenvalue weighted by Crippen LogP contribution is -1.96. The van der Waals surface area contributed by atoms with E-state index in [1.54, 1.807) is 7.11 Å². The van der Waals surface area contributed by atoms with E-state index in [-0.39, 0.29) is 6.79 Å². The van der Waals surface area contributed by atoms with Crippen molar-refractivity contribution in [3.63, 3.8) is 0 Å². The van der Waals surface area contributed by atoms with E-state index in [1.807, 2.05) is 45.0 Å². The fourth-order valence-electron chi connectivity index (χ4n) is 2.73. The summed E-state index contributed by atoms with van der Waals surface area (Å²) in [6.07, 6.45) is 0. The molecular weight excluding hydrogens is 346 g/mol. The summed E-state index contributed by atoms with van der Waals surface area (Å²) < 4.78 is 26.1. The Kier molecular flexibility index (Phi) is 7.05. The van der Waals surface area contributed by atoms with E-state index in [4.69, 9.17) is 29.4 Å². The van der Waals surface area contributed by atoms with Crippen LogP contribution >= 0.6 is 0 Å². The molecule has 0 fully saturated rings. The summed E-state index contributed by atoms with van der Waals surface area (Å²) >= 11 is 0. The summed E-state index contributed by atoms with van der Waals surface area (Å²) in [6.45, 7) is 10.8. The van der Waals surface area contributed by atoms with Gasteiger partial charge in [-0.15, -0.1) is 0 Å². The third-order valence-electron chi connectivity index (χ3n) is 4.00. The summed E-state index contributed by atoms with van der Waals surface area (Å²) in [7, 11) is 1.62. The van der Waals surface area contributed by atoms with Gasteiger partial charge in [0.25, 0.3) is 0 Å². The smallest absolute Gasteiger partial charge is 0.231 e. The van der Waals surface area contributed by atoms with Crippen LogP contribution in [0.4, 0.5) is 5.69 Å². The zero-order chi connectivity index (χ0) is 20.0. The molecule has 0 saturated heterocycles. The zero-order valence-corrected chi connectivity index (χ0v) is 16.9. The Morgan fingerprint density at radius 3 is 2.11 bits per heavy atom. The normalized spacial score (nSPS) is 12.7. The minimum atomic E-state index is 0.287. The fraction of sp³-hybridized carbons (Fsp3) is 0.429. The number of rotatable bonds is 2. The lowest BCUT2D eigenvalue weighted by Gasteiger charge is -2.09. The molecule has 0 atom stereocenters. The number of fused-ring (bicyclic) bond motifs is 2. The summed E-state index contributed by atoms with van der Waals surface area (Å²) in [5.41, 5.74) is 8.86. The van der Waals surface area contributed by atoms with Gasteiger partial charge in [0.1, 0.15) is 0 Å². The summed E-state index contributed by atoms with van der Waals surface area (Å²) in [4.78, 5) is 0. The van der Waals surface area contributed by atoms with E-state index in [0.717, 1.165) is 39.8 Å². The molecule has 2 aliphatic heterocycles. The molecule has 2 heterocycles. The third-order valence-corrected chi connectivity index (χ3v) is 4.00. The van der Waals surface area contributed by atoms with Crippen LogP contribution in [0.15, 0.2) is 24.3 Å². The zero-order valence-electron chi connectivity index (χ0n) is 16.9. The van der Waals surface area contributed by atoms with Crippen molar-refractivity contribution in [1.29, 1.82) is 0 Å². The Balaban J connectivity index is 0.000000178. The van der Waals surface area contributed by atoms with Gasteiger partial charge < -0.3 is 29.4 Å². The number of ether oxygens (including phenoxy) is 5. The molecule has 148 valence electrons. The second-order valence-corrected chi connectivity index (χ2v) is 6.19. The molecule has 0 bridgehead atoms. The van der Waals surface area contributed by atoms with Crippen molar-refractivity contribution < 1.29 is 23.7 Å². The van der Waals surface area contributed by atoms with Crippen molar-refractivity contribution in [2.45, 2.75) is 40.5 Å². The second kappa shape index (κ2) is 9.26. The van der Waals surface area contributed by atoms with Crippen LogP contribution in [0, 0.1) is 6.92 Å². The van der Waals surface area contributed by atoms with Crippen LogP contribution in [0.25, 0.3) is 0 Å². The highest BCUT2D eigenvalue weighted by molar-refractivity contribution is 5.59. The fourth-order valence-corrected chi connectivity index (χ4v) is 2.73. The predicted molar refractivity (Wildman–Crippen MR) is 106 cm³/mol. The maximum atomic E-state index is 5.86. The number of methoxy groups -OCH3 is 1. The van der Waals surface area contributed by atoms with Gasteiger partial charge in [0.2, 0.25) is 19.3 Å². The molecule has 2 N–H and O–H groups in total. The summed E-state index contributed by atoms with van der Waals surface area (Å²) in [5, 5.41) is 0. The summed E-state index contributed by atoms with van der Waals surface area (Å²) in [6, 6.07) is 7.65. The first-order chi connectivity index (χ1) is 13.0. The van der Waals surface area contributed by atoms with Gasteiger partial charge in [-0.25, -0.2) is 0 Å². The van der Waals surface area contributed by atoms with Crippen LogP contribution in [-0.2, 0) is 0 Å². The molecule has 0 aromatic heterocycles. The molecule has 4 rings (SSSR count). The van der Waals surface area contributed by atoms with Crippen molar-refractivity contribution in [2.24, 2.45) is 0 Å². The number of hydrogen-bond acceptors (Lipinski definition) is 6. The molecule has 6 heteroatoms. The SMILES string of the molecule is CC.CC(C)c1cc2c(cc1N)OCO2.COc1cc(C)cc2c1OCO2. The van der Waals surface area contributed by atoms with Crippen LogP contribution in [0.2, 0.25) is 0 Å². The van der Waals surface area contributed by atoms with Gasteiger partial charge in [-0.05, 0) is 42.2 Å². The molecule has 0 saturated carbocycles. The van der Waals surface area contributed by atoms with Gasteiger partial charge in [-0.1, -0.05) is 27.7 Å². The molecule has 0 aliphatic carbocycles. The van der Waals surface area contributed by atoms with Crippen LogP contribution in [0.3, 0.4) is 0 Å². The highest BCUT2D eigenvalue weighted by Gasteiger charge is 2.19. The highest BCUT2D eigenvalue weighted by Crippen LogP contribution is 2.41. The van der Waals surface area contributed by atoms with E-state index >= 15 is 0 Å². The Morgan fingerprint density at radius 2 is 1.48 bits per heavy atom. The van der Waals surface area contributed by atoms with Crippen molar-refractivity contribution in [2.75, 3.05) is 26.4 Å².